The summed E-state index contributed by atoms with van der Waals surface area (Å²) in [4.78, 5) is 23.6. The molecule has 1 atom stereocenters. The van der Waals surface area contributed by atoms with Crippen LogP contribution in [0, 0.1) is 0 Å². The number of rotatable bonds is 3. The van der Waals surface area contributed by atoms with Crippen LogP contribution in [-0.4, -0.2) is 43.1 Å². The summed E-state index contributed by atoms with van der Waals surface area (Å²) in [6.07, 6.45) is 1.60. The highest BCUT2D eigenvalue weighted by Gasteiger charge is 2.30. The van der Waals surface area contributed by atoms with Crippen LogP contribution in [0.5, 0.6) is 0 Å². The summed E-state index contributed by atoms with van der Waals surface area (Å²) in [5.74, 6) is -0.245. The fraction of sp³-hybridized carbons (Fsp3) is 0.556. The molecule has 2 amide bonds. The lowest BCUT2D eigenvalue weighted by atomic mass is 10.1. The number of carbonyl (C=O) groups is 2. The smallest absolute Gasteiger partial charge is 0.416 e. The molecule has 5 heteroatoms. The van der Waals surface area contributed by atoms with Crippen LogP contribution in [0.4, 0.5) is 4.79 Å². The van der Waals surface area contributed by atoms with Crippen LogP contribution < -0.4 is 5.32 Å². The van der Waals surface area contributed by atoms with Gasteiger partial charge in [0.1, 0.15) is 6.61 Å². The Bertz CT molecular complexity index is 248. The van der Waals surface area contributed by atoms with Crippen LogP contribution in [0.2, 0.25) is 0 Å². The van der Waals surface area contributed by atoms with Gasteiger partial charge in [-0.1, -0.05) is 12.7 Å². The first-order valence-electron chi connectivity index (χ1n) is 4.45. The van der Waals surface area contributed by atoms with Gasteiger partial charge in [0.25, 0.3) is 0 Å². The largest absolute Gasteiger partial charge is 0.445 e. The molecular formula is C9H14N2O3. The SMILES string of the molecule is C=CCOC(=O)N(C)C(=O)[C@H]1CCN1. The highest BCUT2D eigenvalue weighted by atomic mass is 16.6. The van der Waals surface area contributed by atoms with Crippen molar-refractivity contribution in [2.45, 2.75) is 12.5 Å². The van der Waals surface area contributed by atoms with E-state index in [2.05, 4.69) is 11.9 Å². The van der Waals surface area contributed by atoms with Gasteiger partial charge in [-0.2, -0.15) is 0 Å². The second-order valence-electron chi connectivity index (χ2n) is 3.06. The van der Waals surface area contributed by atoms with Crippen molar-refractivity contribution in [2.75, 3.05) is 20.2 Å². The number of nitrogens with one attached hydrogen (secondary N) is 1. The van der Waals surface area contributed by atoms with Crippen LogP contribution in [0.3, 0.4) is 0 Å². The fourth-order valence-electron chi connectivity index (χ4n) is 1.05. The maximum absolute atomic E-state index is 11.5. The number of nitrogens with zero attached hydrogens (tertiary/aromatic N) is 1. The summed E-state index contributed by atoms with van der Waals surface area (Å²) < 4.78 is 4.71. The third kappa shape index (κ3) is 2.32. The third-order valence-electron chi connectivity index (χ3n) is 2.05. The van der Waals surface area contributed by atoms with Crippen molar-refractivity contribution in [3.8, 4) is 0 Å². The number of carbonyl (C=O) groups excluding carboxylic acids is 2. The minimum Gasteiger partial charge on any atom is -0.445 e. The van der Waals surface area contributed by atoms with Crippen molar-refractivity contribution in [3.63, 3.8) is 0 Å². The normalized spacial score (nSPS) is 19.4. The average Bonchev–Trinajstić information content (AvgIpc) is 2.10. The fourth-order valence-corrected chi connectivity index (χ4v) is 1.05. The van der Waals surface area contributed by atoms with Crippen molar-refractivity contribution in [2.24, 2.45) is 0 Å². The Labute approximate surface area is 82.7 Å². The van der Waals surface area contributed by atoms with E-state index >= 15 is 0 Å². The standard InChI is InChI=1S/C9H14N2O3/c1-3-6-14-9(13)11(2)8(12)7-4-5-10-7/h3,7,10H,1,4-6H2,2H3/t7-/m1/s1. The Morgan fingerprint density at radius 2 is 2.36 bits per heavy atom. The molecule has 14 heavy (non-hydrogen) atoms. The van der Waals surface area contributed by atoms with Crippen LogP contribution >= 0.6 is 0 Å². The lowest BCUT2D eigenvalue weighted by Crippen LogP contribution is -2.54. The maximum atomic E-state index is 11.5. The Balaban J connectivity index is 2.38. The number of hydrogen-bond donors (Lipinski definition) is 1. The molecule has 1 fully saturated rings. The molecule has 0 aromatic rings. The van der Waals surface area contributed by atoms with E-state index in [4.69, 9.17) is 4.74 Å². The van der Waals surface area contributed by atoms with E-state index in [1.54, 1.807) is 0 Å². The molecule has 1 heterocycles. The van der Waals surface area contributed by atoms with Crippen LogP contribution in [0.1, 0.15) is 6.42 Å². The first kappa shape index (κ1) is 10.7. The van der Waals surface area contributed by atoms with E-state index < -0.39 is 6.09 Å². The number of imide groups is 1. The molecule has 0 aliphatic carbocycles. The predicted octanol–water partition coefficient (Wildman–Crippen LogP) is 0.129. The molecule has 0 saturated carbocycles. The van der Waals surface area contributed by atoms with E-state index in [-0.39, 0.29) is 18.6 Å². The van der Waals surface area contributed by atoms with Gasteiger partial charge in [0.05, 0.1) is 6.04 Å². The zero-order valence-corrected chi connectivity index (χ0v) is 8.16. The van der Waals surface area contributed by atoms with E-state index in [0.717, 1.165) is 17.9 Å². The Morgan fingerprint density at radius 1 is 1.71 bits per heavy atom. The van der Waals surface area contributed by atoms with Gasteiger partial charge < -0.3 is 10.1 Å². The van der Waals surface area contributed by atoms with Crippen molar-refractivity contribution < 1.29 is 14.3 Å². The minimum atomic E-state index is -0.636. The lowest BCUT2D eigenvalue weighted by Gasteiger charge is -2.29. The molecule has 0 spiro atoms. The van der Waals surface area contributed by atoms with E-state index in [1.165, 1.54) is 13.1 Å². The summed E-state index contributed by atoms with van der Waals surface area (Å²) >= 11 is 0. The molecule has 1 aliphatic heterocycles. The van der Waals surface area contributed by atoms with Crippen molar-refractivity contribution in [1.82, 2.24) is 10.2 Å². The summed E-state index contributed by atoms with van der Waals surface area (Å²) in [7, 11) is 1.41. The second-order valence-corrected chi connectivity index (χ2v) is 3.06. The molecule has 1 N–H and O–H groups in total. The summed E-state index contributed by atoms with van der Waals surface area (Å²) in [6.45, 7) is 4.35. The van der Waals surface area contributed by atoms with Gasteiger partial charge in [-0.05, 0) is 13.0 Å². The average molecular weight is 198 g/mol. The highest BCUT2D eigenvalue weighted by Crippen LogP contribution is 2.06. The quantitative estimate of drug-likeness (QED) is 0.655. The first-order valence-corrected chi connectivity index (χ1v) is 4.45. The summed E-state index contributed by atoms with van der Waals surface area (Å²) in [6, 6.07) is -0.226. The van der Waals surface area contributed by atoms with E-state index in [1.807, 2.05) is 0 Å². The third-order valence-corrected chi connectivity index (χ3v) is 2.05. The minimum absolute atomic E-state index is 0.120. The molecule has 1 rings (SSSR count). The Kier molecular flexibility index (Phi) is 3.64. The van der Waals surface area contributed by atoms with Gasteiger partial charge >= 0.3 is 6.09 Å². The number of amides is 2. The summed E-state index contributed by atoms with van der Waals surface area (Å²) in [5, 5.41) is 2.92. The topological polar surface area (TPSA) is 58.6 Å². The number of likely N-dealkylation sites (N-methyl/N-ethyl adjacent to an activating group) is 1. The van der Waals surface area contributed by atoms with Crippen LogP contribution in [0.25, 0.3) is 0 Å². The lowest BCUT2D eigenvalue weighted by molar-refractivity contribution is -0.132. The van der Waals surface area contributed by atoms with Gasteiger partial charge in [0, 0.05) is 7.05 Å². The molecule has 78 valence electrons. The van der Waals surface area contributed by atoms with E-state index in [9.17, 15) is 9.59 Å². The van der Waals surface area contributed by atoms with Gasteiger partial charge in [-0.3, -0.25) is 4.79 Å². The number of hydrogen-bond acceptors (Lipinski definition) is 4. The van der Waals surface area contributed by atoms with Gasteiger partial charge in [0.15, 0.2) is 0 Å². The molecule has 0 aromatic heterocycles. The van der Waals surface area contributed by atoms with Gasteiger partial charge in [-0.25, -0.2) is 9.69 Å². The first-order chi connectivity index (χ1) is 6.66. The Hall–Kier alpha value is -1.36. The van der Waals surface area contributed by atoms with Crippen LogP contribution in [0.15, 0.2) is 12.7 Å². The Morgan fingerprint density at radius 3 is 2.79 bits per heavy atom. The molecule has 1 saturated heterocycles. The summed E-state index contributed by atoms with van der Waals surface area (Å²) in [5.41, 5.74) is 0. The zero-order chi connectivity index (χ0) is 10.6. The molecule has 0 radical (unpaired) electrons. The van der Waals surface area contributed by atoms with Crippen LogP contribution in [-0.2, 0) is 9.53 Å². The highest BCUT2D eigenvalue weighted by molar-refractivity contribution is 5.95. The van der Waals surface area contributed by atoms with Crippen molar-refractivity contribution in [3.05, 3.63) is 12.7 Å². The molecule has 0 unspecified atom stereocenters. The second kappa shape index (κ2) is 4.76. The molecule has 5 nitrogen and oxygen atoms in total. The van der Waals surface area contributed by atoms with Gasteiger partial charge in [-0.15, -0.1) is 0 Å². The van der Waals surface area contributed by atoms with Gasteiger partial charge in [0.2, 0.25) is 5.91 Å². The monoisotopic (exact) mass is 198 g/mol. The van der Waals surface area contributed by atoms with E-state index in [0.29, 0.717) is 0 Å². The zero-order valence-electron chi connectivity index (χ0n) is 8.16. The molecule has 0 bridgehead atoms. The van der Waals surface area contributed by atoms with Crippen molar-refractivity contribution >= 4 is 12.0 Å². The maximum Gasteiger partial charge on any atom is 0.416 e. The van der Waals surface area contributed by atoms with Crippen molar-refractivity contribution in [1.29, 1.82) is 0 Å². The predicted molar refractivity (Wildman–Crippen MR) is 50.7 cm³/mol. The molecular weight excluding hydrogens is 184 g/mol. The number of ether oxygens (including phenoxy) is 1. The molecule has 1 aliphatic rings. The molecule has 0 aromatic carbocycles.